The number of nitrogens with zero attached hydrogens (tertiary/aromatic N) is 1. The van der Waals surface area contributed by atoms with E-state index in [1.54, 1.807) is 36.4 Å². The molecule has 0 fully saturated rings. The van der Waals surface area contributed by atoms with Gasteiger partial charge in [-0.2, -0.15) is 0 Å². The smallest absolute Gasteiger partial charge is 0.269 e. The number of benzene rings is 2. The van der Waals surface area contributed by atoms with Crippen LogP contribution in [0.3, 0.4) is 0 Å². The summed E-state index contributed by atoms with van der Waals surface area (Å²) < 4.78 is 19.9. The first kappa shape index (κ1) is 18.1. The van der Waals surface area contributed by atoms with Gasteiger partial charge in [-0.15, -0.1) is 0 Å². The molecule has 0 spiro atoms. The molecule has 0 saturated carbocycles. The van der Waals surface area contributed by atoms with Crippen LogP contribution in [0.2, 0.25) is 0 Å². The van der Waals surface area contributed by atoms with Crippen molar-refractivity contribution < 1.29 is 18.7 Å². The molecule has 0 bridgehead atoms. The number of amides is 2. The van der Waals surface area contributed by atoms with Crippen LogP contribution in [0.15, 0.2) is 66.9 Å². The molecule has 3 rings (SSSR count). The van der Waals surface area contributed by atoms with Crippen molar-refractivity contribution >= 4 is 17.5 Å². The molecule has 27 heavy (non-hydrogen) atoms. The second kappa shape index (κ2) is 8.09. The van der Waals surface area contributed by atoms with Crippen LogP contribution in [0.5, 0.6) is 11.5 Å². The second-order valence-corrected chi connectivity index (χ2v) is 5.52. The summed E-state index contributed by atoms with van der Waals surface area (Å²) in [7, 11) is 1.50. The Bertz CT molecular complexity index is 977. The molecule has 2 amide bonds. The van der Waals surface area contributed by atoms with Gasteiger partial charge < -0.3 is 15.4 Å². The van der Waals surface area contributed by atoms with Crippen LogP contribution < -0.4 is 15.4 Å². The maximum atomic E-state index is 14.3. The van der Waals surface area contributed by atoms with Crippen LogP contribution >= 0.6 is 0 Å². The Kier molecular flexibility index (Phi) is 5.41. The van der Waals surface area contributed by atoms with Crippen molar-refractivity contribution in [3.8, 4) is 11.5 Å². The minimum atomic E-state index is -0.641. The largest absolute Gasteiger partial charge is 0.457 e. The van der Waals surface area contributed by atoms with Gasteiger partial charge in [-0.1, -0.05) is 18.2 Å². The lowest BCUT2D eigenvalue weighted by atomic mass is 10.2. The van der Waals surface area contributed by atoms with Crippen LogP contribution in [0.25, 0.3) is 0 Å². The molecule has 0 aliphatic carbocycles. The van der Waals surface area contributed by atoms with Crippen LogP contribution in [0.4, 0.5) is 10.1 Å². The molecule has 1 heterocycles. The lowest BCUT2D eigenvalue weighted by molar-refractivity contribution is 0.0957. The Morgan fingerprint density at radius 2 is 1.70 bits per heavy atom. The van der Waals surface area contributed by atoms with Gasteiger partial charge in [0.05, 0.1) is 5.69 Å². The monoisotopic (exact) mass is 365 g/mol. The van der Waals surface area contributed by atoms with E-state index in [9.17, 15) is 14.0 Å². The number of carbonyl (C=O) groups excluding carboxylic acids is 2. The van der Waals surface area contributed by atoms with E-state index in [1.165, 1.54) is 31.4 Å². The van der Waals surface area contributed by atoms with Crippen molar-refractivity contribution in [2.24, 2.45) is 0 Å². The van der Waals surface area contributed by atoms with Crippen molar-refractivity contribution in [1.82, 2.24) is 10.3 Å². The Morgan fingerprint density at radius 1 is 0.963 bits per heavy atom. The van der Waals surface area contributed by atoms with Crippen LogP contribution in [0.1, 0.15) is 20.8 Å². The molecule has 7 heteroatoms. The third-order valence-electron chi connectivity index (χ3n) is 3.65. The number of aromatic nitrogens is 1. The highest BCUT2D eigenvalue weighted by Gasteiger charge is 2.11. The molecule has 3 aromatic rings. The number of anilines is 1. The number of hydrogen-bond acceptors (Lipinski definition) is 4. The quantitative estimate of drug-likeness (QED) is 0.724. The summed E-state index contributed by atoms with van der Waals surface area (Å²) in [5.74, 6) is -0.848. The summed E-state index contributed by atoms with van der Waals surface area (Å²) in [6, 6.07) is 15.6. The predicted molar refractivity (Wildman–Crippen MR) is 98.5 cm³/mol. The van der Waals surface area contributed by atoms with E-state index in [0.29, 0.717) is 11.3 Å². The zero-order valence-electron chi connectivity index (χ0n) is 14.4. The zero-order valence-corrected chi connectivity index (χ0v) is 14.4. The van der Waals surface area contributed by atoms with Gasteiger partial charge in [-0.3, -0.25) is 14.6 Å². The van der Waals surface area contributed by atoms with E-state index >= 15 is 0 Å². The Labute approximate surface area is 155 Å². The minimum Gasteiger partial charge on any atom is -0.457 e. The molecular formula is C20H16FN3O3. The SMILES string of the molecule is CNC(=O)c1cc(Oc2ccc(NC(=O)c3ccccc3)c(F)c2)ccn1. The molecule has 0 atom stereocenters. The number of rotatable bonds is 5. The highest BCUT2D eigenvalue weighted by molar-refractivity contribution is 6.04. The lowest BCUT2D eigenvalue weighted by Crippen LogP contribution is -2.18. The van der Waals surface area contributed by atoms with Gasteiger partial charge in [0.1, 0.15) is 23.0 Å². The maximum absolute atomic E-state index is 14.3. The standard InChI is InChI=1S/C20H16FN3O3/c1-22-20(26)18-12-15(9-10-23-18)27-14-7-8-17(16(21)11-14)24-19(25)13-5-3-2-4-6-13/h2-12H,1H3,(H,22,26)(H,24,25). The van der Waals surface area contributed by atoms with Gasteiger partial charge in [0.15, 0.2) is 0 Å². The fourth-order valence-electron chi connectivity index (χ4n) is 2.31. The first-order chi connectivity index (χ1) is 13.1. The number of nitrogens with one attached hydrogen (secondary N) is 2. The molecule has 0 aliphatic rings. The van der Waals surface area contributed by atoms with E-state index in [1.807, 2.05) is 0 Å². The predicted octanol–water partition coefficient (Wildman–Crippen LogP) is 3.62. The molecule has 0 aliphatic heterocycles. The highest BCUT2D eigenvalue weighted by Crippen LogP contribution is 2.26. The van der Waals surface area contributed by atoms with Crippen LogP contribution in [-0.2, 0) is 0 Å². The zero-order chi connectivity index (χ0) is 19.2. The number of hydrogen-bond donors (Lipinski definition) is 2. The van der Waals surface area contributed by atoms with Crippen molar-refractivity contribution in [2.45, 2.75) is 0 Å². The van der Waals surface area contributed by atoms with Crippen LogP contribution in [0, 0.1) is 5.82 Å². The summed E-state index contributed by atoms with van der Waals surface area (Å²) in [5, 5.41) is 4.98. The van der Waals surface area contributed by atoms with Gasteiger partial charge in [-0.05, 0) is 30.3 Å². The van der Waals surface area contributed by atoms with E-state index in [0.717, 1.165) is 6.07 Å². The van der Waals surface area contributed by atoms with Gasteiger partial charge in [0, 0.05) is 30.9 Å². The second-order valence-electron chi connectivity index (χ2n) is 5.52. The van der Waals surface area contributed by atoms with E-state index in [-0.39, 0.29) is 23.0 Å². The first-order valence-electron chi connectivity index (χ1n) is 8.09. The lowest BCUT2D eigenvalue weighted by Gasteiger charge is -2.10. The van der Waals surface area contributed by atoms with E-state index in [2.05, 4.69) is 15.6 Å². The fraction of sp³-hybridized carbons (Fsp3) is 0.0500. The molecule has 6 nitrogen and oxygen atoms in total. The van der Waals surface area contributed by atoms with Crippen molar-refractivity contribution in [3.05, 3.63) is 83.9 Å². The average Bonchev–Trinajstić information content (AvgIpc) is 2.70. The molecule has 0 saturated heterocycles. The number of carbonyl (C=O) groups is 2. The van der Waals surface area contributed by atoms with Crippen molar-refractivity contribution in [3.63, 3.8) is 0 Å². The van der Waals surface area contributed by atoms with E-state index in [4.69, 9.17) is 4.74 Å². The highest BCUT2D eigenvalue weighted by atomic mass is 19.1. The molecule has 136 valence electrons. The molecule has 0 radical (unpaired) electrons. The fourth-order valence-corrected chi connectivity index (χ4v) is 2.31. The van der Waals surface area contributed by atoms with Gasteiger partial charge in [0.2, 0.25) is 0 Å². The molecule has 1 aromatic heterocycles. The Morgan fingerprint density at radius 3 is 2.41 bits per heavy atom. The third kappa shape index (κ3) is 4.46. The molecule has 0 unspecified atom stereocenters. The maximum Gasteiger partial charge on any atom is 0.269 e. The van der Waals surface area contributed by atoms with Gasteiger partial charge in [0.25, 0.3) is 11.8 Å². The van der Waals surface area contributed by atoms with E-state index < -0.39 is 11.7 Å². The van der Waals surface area contributed by atoms with Gasteiger partial charge in [-0.25, -0.2) is 4.39 Å². The Hall–Kier alpha value is -3.74. The number of halogens is 1. The summed E-state index contributed by atoms with van der Waals surface area (Å²) >= 11 is 0. The van der Waals surface area contributed by atoms with Crippen molar-refractivity contribution in [2.75, 3.05) is 12.4 Å². The average molecular weight is 365 g/mol. The van der Waals surface area contributed by atoms with Crippen molar-refractivity contribution in [1.29, 1.82) is 0 Å². The molecular weight excluding hydrogens is 349 g/mol. The Balaban J connectivity index is 1.73. The summed E-state index contributed by atoms with van der Waals surface area (Å²) in [4.78, 5) is 27.7. The normalized spacial score (nSPS) is 10.1. The summed E-state index contributed by atoms with van der Waals surface area (Å²) in [5.41, 5.74) is 0.648. The summed E-state index contributed by atoms with van der Waals surface area (Å²) in [6.07, 6.45) is 1.42. The number of pyridine rings is 1. The number of ether oxygens (including phenoxy) is 1. The minimum absolute atomic E-state index is 0.0389. The summed E-state index contributed by atoms with van der Waals surface area (Å²) in [6.45, 7) is 0. The van der Waals surface area contributed by atoms with Crippen LogP contribution in [-0.4, -0.2) is 23.8 Å². The first-order valence-corrected chi connectivity index (χ1v) is 8.09. The topological polar surface area (TPSA) is 80.3 Å². The molecule has 2 N–H and O–H groups in total. The van der Waals surface area contributed by atoms with Gasteiger partial charge >= 0.3 is 0 Å². The third-order valence-corrected chi connectivity index (χ3v) is 3.65. The molecule has 2 aromatic carbocycles.